The zero-order chi connectivity index (χ0) is 15.2. The number of anilines is 1. The minimum absolute atomic E-state index is 0.0243. The molecule has 0 saturated heterocycles. The lowest BCUT2D eigenvalue weighted by Gasteiger charge is -2.09. The molecule has 2 aromatic rings. The highest BCUT2D eigenvalue weighted by molar-refractivity contribution is 5.43. The number of nitro benzene ring substituents is 1. The van der Waals surface area contributed by atoms with E-state index in [0.717, 1.165) is 23.5 Å². The number of hydrogen-bond acceptors (Lipinski definition) is 5. The average Bonchev–Trinajstić information content (AvgIpc) is 2.48. The molecule has 110 valence electrons. The van der Waals surface area contributed by atoms with Crippen LogP contribution in [0.25, 0.3) is 0 Å². The minimum atomic E-state index is -0.431. The predicted octanol–water partition coefficient (Wildman–Crippen LogP) is 3.31. The van der Waals surface area contributed by atoms with Gasteiger partial charge in [0.05, 0.1) is 11.0 Å². The van der Waals surface area contributed by atoms with E-state index in [9.17, 15) is 10.1 Å². The third-order valence-corrected chi connectivity index (χ3v) is 2.96. The summed E-state index contributed by atoms with van der Waals surface area (Å²) < 4.78 is 5.65. The van der Waals surface area contributed by atoms with Crippen molar-refractivity contribution in [3.63, 3.8) is 0 Å². The van der Waals surface area contributed by atoms with Gasteiger partial charge in [0, 0.05) is 24.4 Å². The number of nitrogens with one attached hydrogen (secondary N) is 1. The van der Waals surface area contributed by atoms with Crippen molar-refractivity contribution in [1.29, 1.82) is 0 Å². The van der Waals surface area contributed by atoms with E-state index in [1.54, 1.807) is 12.3 Å². The predicted molar refractivity (Wildman–Crippen MR) is 80.6 cm³/mol. The largest absolute Gasteiger partial charge is 0.488 e. The number of nitrogens with zero attached hydrogens (tertiary/aromatic N) is 2. The summed E-state index contributed by atoms with van der Waals surface area (Å²) in [5.74, 6) is 1.33. The van der Waals surface area contributed by atoms with Crippen LogP contribution in [-0.2, 0) is 6.61 Å². The fraction of sp³-hybridized carbons (Fsp3) is 0.267. The normalized spacial score (nSPS) is 10.2. The number of benzene rings is 1. The van der Waals surface area contributed by atoms with Gasteiger partial charge < -0.3 is 10.1 Å². The smallest absolute Gasteiger partial charge is 0.273 e. The highest BCUT2D eigenvalue weighted by Gasteiger charge is 2.09. The van der Waals surface area contributed by atoms with Crippen LogP contribution in [0, 0.1) is 17.0 Å². The van der Waals surface area contributed by atoms with Gasteiger partial charge in [0.1, 0.15) is 18.2 Å². The van der Waals surface area contributed by atoms with E-state index in [4.69, 9.17) is 4.74 Å². The summed E-state index contributed by atoms with van der Waals surface area (Å²) in [5.41, 5.74) is 1.79. The molecule has 21 heavy (non-hydrogen) atoms. The average molecular weight is 287 g/mol. The number of hydrogen-bond donors (Lipinski definition) is 1. The number of ether oxygens (including phenoxy) is 1. The lowest BCUT2D eigenvalue weighted by molar-refractivity contribution is -0.385. The summed E-state index contributed by atoms with van der Waals surface area (Å²) in [5, 5.41) is 13.9. The zero-order valence-corrected chi connectivity index (χ0v) is 12.0. The molecule has 1 heterocycles. The second-order valence-corrected chi connectivity index (χ2v) is 4.58. The number of aryl methyl sites for hydroxylation is 1. The van der Waals surface area contributed by atoms with E-state index in [-0.39, 0.29) is 5.69 Å². The van der Waals surface area contributed by atoms with Crippen LogP contribution in [-0.4, -0.2) is 16.5 Å². The zero-order valence-electron chi connectivity index (χ0n) is 12.0. The second kappa shape index (κ2) is 6.69. The van der Waals surface area contributed by atoms with Gasteiger partial charge in [0.25, 0.3) is 5.69 Å². The first-order chi connectivity index (χ1) is 10.1. The molecule has 1 aromatic heterocycles. The van der Waals surface area contributed by atoms with Crippen molar-refractivity contribution in [3.8, 4) is 5.75 Å². The van der Waals surface area contributed by atoms with Gasteiger partial charge in [-0.2, -0.15) is 0 Å². The van der Waals surface area contributed by atoms with Gasteiger partial charge in [-0.3, -0.25) is 10.1 Å². The number of pyridine rings is 1. The van der Waals surface area contributed by atoms with Gasteiger partial charge in [-0.15, -0.1) is 0 Å². The summed E-state index contributed by atoms with van der Waals surface area (Å²) in [6.07, 6.45) is 1.73. The Morgan fingerprint density at radius 3 is 2.76 bits per heavy atom. The molecular formula is C15H17N3O3. The van der Waals surface area contributed by atoms with Crippen molar-refractivity contribution in [3.05, 3.63) is 57.8 Å². The Hall–Kier alpha value is -2.63. The van der Waals surface area contributed by atoms with Crippen molar-refractivity contribution >= 4 is 11.5 Å². The topological polar surface area (TPSA) is 77.3 Å². The Labute approximate surface area is 122 Å². The van der Waals surface area contributed by atoms with E-state index < -0.39 is 4.92 Å². The quantitative estimate of drug-likeness (QED) is 0.651. The monoisotopic (exact) mass is 287 g/mol. The van der Waals surface area contributed by atoms with E-state index in [1.165, 1.54) is 12.1 Å². The summed E-state index contributed by atoms with van der Waals surface area (Å²) in [6, 6.07) is 8.38. The fourth-order valence-corrected chi connectivity index (χ4v) is 1.81. The lowest BCUT2D eigenvalue weighted by atomic mass is 10.2. The maximum atomic E-state index is 10.8. The number of rotatable bonds is 6. The first-order valence-corrected chi connectivity index (χ1v) is 6.66. The molecule has 0 amide bonds. The van der Waals surface area contributed by atoms with Crippen LogP contribution in [0.2, 0.25) is 0 Å². The highest BCUT2D eigenvalue weighted by Crippen LogP contribution is 2.24. The van der Waals surface area contributed by atoms with Crippen LogP contribution in [0.3, 0.4) is 0 Å². The molecule has 0 radical (unpaired) electrons. The Kier molecular flexibility index (Phi) is 4.71. The van der Waals surface area contributed by atoms with Gasteiger partial charge >= 0.3 is 0 Å². The van der Waals surface area contributed by atoms with Crippen LogP contribution in [0.15, 0.2) is 36.5 Å². The first kappa shape index (κ1) is 14.8. The molecule has 6 heteroatoms. The third-order valence-electron chi connectivity index (χ3n) is 2.96. The molecule has 0 saturated carbocycles. The molecule has 0 bridgehead atoms. The van der Waals surface area contributed by atoms with E-state index in [1.807, 2.05) is 26.0 Å². The summed E-state index contributed by atoms with van der Waals surface area (Å²) in [7, 11) is 0. The number of nitro groups is 1. The van der Waals surface area contributed by atoms with Crippen LogP contribution >= 0.6 is 0 Å². The van der Waals surface area contributed by atoms with Crippen molar-refractivity contribution < 1.29 is 9.66 Å². The molecule has 0 fully saturated rings. The van der Waals surface area contributed by atoms with Gasteiger partial charge in [-0.05, 0) is 31.5 Å². The molecule has 0 unspecified atom stereocenters. The van der Waals surface area contributed by atoms with Gasteiger partial charge in [0.15, 0.2) is 0 Å². The van der Waals surface area contributed by atoms with E-state index >= 15 is 0 Å². The van der Waals surface area contributed by atoms with Crippen molar-refractivity contribution in [1.82, 2.24) is 4.98 Å². The summed E-state index contributed by atoms with van der Waals surface area (Å²) >= 11 is 0. The third kappa shape index (κ3) is 3.92. The Morgan fingerprint density at radius 2 is 2.14 bits per heavy atom. The molecule has 0 spiro atoms. The molecule has 0 aliphatic heterocycles. The maximum absolute atomic E-state index is 10.8. The SMILES string of the molecule is CCNc1ccc(COc2cc([N+](=O)[O-])ccc2C)cn1. The van der Waals surface area contributed by atoms with E-state index in [0.29, 0.717) is 12.4 Å². The number of non-ortho nitro benzene ring substituents is 1. The fourth-order valence-electron chi connectivity index (χ4n) is 1.81. The summed E-state index contributed by atoms with van der Waals surface area (Å²) in [4.78, 5) is 14.6. The molecule has 1 N–H and O–H groups in total. The maximum Gasteiger partial charge on any atom is 0.273 e. The standard InChI is InChI=1S/C15H17N3O3/c1-3-16-15-7-5-12(9-17-15)10-21-14-8-13(18(19)20)6-4-11(14)2/h4-9H,3,10H2,1-2H3,(H,16,17). The minimum Gasteiger partial charge on any atom is -0.488 e. The second-order valence-electron chi connectivity index (χ2n) is 4.58. The molecule has 0 aliphatic carbocycles. The number of aromatic nitrogens is 1. The van der Waals surface area contributed by atoms with Crippen LogP contribution < -0.4 is 10.1 Å². The Balaban J connectivity index is 2.05. The van der Waals surface area contributed by atoms with E-state index in [2.05, 4.69) is 10.3 Å². The first-order valence-electron chi connectivity index (χ1n) is 6.66. The van der Waals surface area contributed by atoms with Crippen LogP contribution in [0.4, 0.5) is 11.5 Å². The Morgan fingerprint density at radius 1 is 1.33 bits per heavy atom. The van der Waals surface area contributed by atoms with Crippen LogP contribution in [0.1, 0.15) is 18.1 Å². The molecule has 6 nitrogen and oxygen atoms in total. The highest BCUT2D eigenvalue weighted by atomic mass is 16.6. The Bertz CT molecular complexity index is 627. The summed E-state index contributed by atoms with van der Waals surface area (Å²) in [6.45, 7) is 4.99. The lowest BCUT2D eigenvalue weighted by Crippen LogP contribution is -2.01. The molecule has 0 atom stereocenters. The van der Waals surface area contributed by atoms with Crippen LogP contribution in [0.5, 0.6) is 5.75 Å². The molecule has 1 aromatic carbocycles. The molecule has 2 rings (SSSR count). The van der Waals surface area contributed by atoms with Gasteiger partial charge in [-0.1, -0.05) is 6.07 Å². The van der Waals surface area contributed by atoms with Crippen molar-refractivity contribution in [2.75, 3.05) is 11.9 Å². The molecule has 0 aliphatic rings. The van der Waals surface area contributed by atoms with Crippen molar-refractivity contribution in [2.24, 2.45) is 0 Å². The molecular weight excluding hydrogens is 270 g/mol. The van der Waals surface area contributed by atoms with Crippen molar-refractivity contribution in [2.45, 2.75) is 20.5 Å². The van der Waals surface area contributed by atoms with Gasteiger partial charge in [-0.25, -0.2) is 4.98 Å². The van der Waals surface area contributed by atoms with Gasteiger partial charge in [0.2, 0.25) is 0 Å².